The molecule has 0 saturated heterocycles. The van der Waals surface area contributed by atoms with E-state index in [-0.39, 0.29) is 0 Å². The molecule has 0 fully saturated rings. The molecule has 0 aromatic carbocycles. The zero-order chi connectivity index (χ0) is 8.69. The van der Waals surface area contributed by atoms with Crippen molar-refractivity contribution in [3.63, 3.8) is 0 Å². The van der Waals surface area contributed by atoms with Crippen molar-refractivity contribution in [3.8, 4) is 0 Å². The summed E-state index contributed by atoms with van der Waals surface area (Å²) in [6, 6.07) is 0. The van der Waals surface area contributed by atoms with Crippen LogP contribution in [-0.4, -0.2) is 18.2 Å². The van der Waals surface area contributed by atoms with Crippen molar-refractivity contribution in [2.45, 2.75) is 40.0 Å². The van der Waals surface area contributed by atoms with Crippen molar-refractivity contribution >= 4 is 0 Å². The molecule has 0 atom stereocenters. The molecule has 0 heterocycles. The first-order valence-electron chi connectivity index (χ1n) is 4.65. The van der Waals surface area contributed by atoms with E-state index < -0.39 is 0 Å². The molecule has 11 heavy (non-hydrogen) atoms. The van der Waals surface area contributed by atoms with Crippen molar-refractivity contribution in [1.82, 2.24) is 5.12 Å². The molecule has 68 valence electrons. The summed E-state index contributed by atoms with van der Waals surface area (Å²) in [5.74, 6) is 0.708. The fourth-order valence-corrected chi connectivity index (χ4v) is 1.18. The van der Waals surface area contributed by atoms with Gasteiger partial charge in [-0.3, -0.25) is 0 Å². The van der Waals surface area contributed by atoms with Gasteiger partial charge in [0, 0.05) is 13.1 Å². The summed E-state index contributed by atoms with van der Waals surface area (Å²) in [6.07, 6.45) is 3.35. The van der Waals surface area contributed by atoms with Crippen molar-refractivity contribution in [3.05, 3.63) is 0 Å². The third-order valence-corrected chi connectivity index (χ3v) is 2.28. The lowest BCUT2D eigenvalue weighted by Crippen LogP contribution is -2.16. The van der Waals surface area contributed by atoms with Gasteiger partial charge in [0.15, 0.2) is 0 Å². The largest absolute Gasteiger partial charge is 0.147 e. The lowest BCUT2D eigenvalue weighted by molar-refractivity contribution is 0.0255. The van der Waals surface area contributed by atoms with E-state index in [2.05, 4.69) is 13.8 Å². The quantitative estimate of drug-likeness (QED) is 0.541. The predicted molar refractivity (Wildman–Crippen MR) is 47.0 cm³/mol. The monoisotopic (exact) mass is 161 g/mol. The molecule has 0 aliphatic carbocycles. The normalized spacial score (nSPS) is 11.5. The first-order chi connectivity index (χ1) is 5.24. The van der Waals surface area contributed by atoms with Gasteiger partial charge in [-0.2, -0.15) is 0 Å². The van der Waals surface area contributed by atoms with Crippen LogP contribution in [0.15, 0.2) is 0 Å². The molecular formula is C9H20FN. The third kappa shape index (κ3) is 5.19. The Morgan fingerprint density at radius 3 is 2.09 bits per heavy atom. The average Bonchev–Trinajstić information content (AvgIpc) is 2.06. The van der Waals surface area contributed by atoms with Gasteiger partial charge < -0.3 is 0 Å². The first-order valence-corrected chi connectivity index (χ1v) is 4.65. The van der Waals surface area contributed by atoms with Crippen molar-refractivity contribution < 1.29 is 4.48 Å². The van der Waals surface area contributed by atoms with E-state index in [0.29, 0.717) is 19.0 Å². The summed E-state index contributed by atoms with van der Waals surface area (Å²) >= 11 is 0. The first kappa shape index (κ1) is 10.9. The van der Waals surface area contributed by atoms with Crippen LogP contribution in [0.25, 0.3) is 0 Å². The molecule has 0 aromatic heterocycles. The van der Waals surface area contributed by atoms with E-state index in [4.69, 9.17) is 0 Å². The molecule has 2 heteroatoms. The Morgan fingerprint density at radius 1 is 1.18 bits per heavy atom. The Balaban J connectivity index is 3.34. The minimum absolute atomic E-state index is 0.514. The zero-order valence-electron chi connectivity index (χ0n) is 7.94. The number of nitrogens with zero attached hydrogens (tertiary/aromatic N) is 1. The van der Waals surface area contributed by atoms with Crippen LogP contribution >= 0.6 is 0 Å². The van der Waals surface area contributed by atoms with Crippen molar-refractivity contribution in [2.24, 2.45) is 5.92 Å². The van der Waals surface area contributed by atoms with E-state index in [9.17, 15) is 4.48 Å². The molecule has 1 nitrogen and oxygen atoms in total. The summed E-state index contributed by atoms with van der Waals surface area (Å²) < 4.78 is 12.6. The van der Waals surface area contributed by atoms with Crippen LogP contribution in [0, 0.1) is 5.92 Å². The van der Waals surface area contributed by atoms with Crippen LogP contribution in [0.3, 0.4) is 0 Å². The highest BCUT2D eigenvalue weighted by atomic mass is 19.2. The van der Waals surface area contributed by atoms with E-state index in [1.807, 2.05) is 6.92 Å². The smallest absolute Gasteiger partial charge is 0.0293 e. The molecule has 0 aliphatic heterocycles. The van der Waals surface area contributed by atoms with Crippen molar-refractivity contribution in [1.29, 1.82) is 0 Å². The summed E-state index contributed by atoms with van der Waals surface area (Å²) in [4.78, 5) is 0. The average molecular weight is 161 g/mol. The number of hydrogen-bond acceptors (Lipinski definition) is 1. The van der Waals surface area contributed by atoms with Gasteiger partial charge in [-0.15, -0.1) is 9.60 Å². The number of rotatable bonds is 6. The second-order valence-corrected chi connectivity index (χ2v) is 2.97. The summed E-state index contributed by atoms with van der Waals surface area (Å²) in [6.45, 7) is 7.29. The van der Waals surface area contributed by atoms with Gasteiger partial charge >= 0.3 is 0 Å². The van der Waals surface area contributed by atoms with Gasteiger partial charge in [-0.25, -0.2) is 0 Å². The van der Waals surface area contributed by atoms with E-state index in [1.54, 1.807) is 0 Å². The van der Waals surface area contributed by atoms with E-state index in [0.717, 1.165) is 11.5 Å². The summed E-state index contributed by atoms with van der Waals surface area (Å²) in [5.41, 5.74) is 0. The van der Waals surface area contributed by atoms with E-state index in [1.165, 1.54) is 12.8 Å². The summed E-state index contributed by atoms with van der Waals surface area (Å²) in [7, 11) is 0. The molecular weight excluding hydrogens is 141 g/mol. The van der Waals surface area contributed by atoms with Gasteiger partial charge in [0.05, 0.1) is 0 Å². The lowest BCUT2D eigenvalue weighted by atomic mass is 10.00. The van der Waals surface area contributed by atoms with Crippen LogP contribution < -0.4 is 0 Å². The molecule has 0 unspecified atom stereocenters. The van der Waals surface area contributed by atoms with Crippen LogP contribution in [0.2, 0.25) is 0 Å². The maximum atomic E-state index is 12.6. The summed E-state index contributed by atoms with van der Waals surface area (Å²) in [5, 5.41) is 0.887. The zero-order valence-corrected chi connectivity index (χ0v) is 7.94. The molecule has 0 aliphatic rings. The number of halogens is 1. The molecule has 0 aromatic rings. The minimum atomic E-state index is 0.514. The second-order valence-electron chi connectivity index (χ2n) is 2.97. The standard InChI is InChI=1S/C9H20FN/c1-4-9(5-2)7-8-11(10)6-3/h9H,4-8H2,1-3H3. The van der Waals surface area contributed by atoms with Gasteiger partial charge in [0.1, 0.15) is 0 Å². The maximum Gasteiger partial charge on any atom is 0.0293 e. The second kappa shape index (κ2) is 6.59. The van der Waals surface area contributed by atoms with E-state index >= 15 is 0 Å². The van der Waals surface area contributed by atoms with Gasteiger partial charge in [0.25, 0.3) is 0 Å². The highest BCUT2D eigenvalue weighted by molar-refractivity contribution is 4.55. The molecule has 0 amide bonds. The topological polar surface area (TPSA) is 3.24 Å². The Labute approximate surface area is 69.5 Å². The highest BCUT2D eigenvalue weighted by Crippen LogP contribution is 2.12. The Kier molecular flexibility index (Phi) is 6.52. The van der Waals surface area contributed by atoms with Gasteiger partial charge in [-0.1, -0.05) is 26.7 Å². The van der Waals surface area contributed by atoms with Crippen LogP contribution in [-0.2, 0) is 0 Å². The fraction of sp³-hybridized carbons (Fsp3) is 1.00. The molecule has 0 radical (unpaired) electrons. The Morgan fingerprint density at radius 2 is 1.73 bits per heavy atom. The maximum absolute atomic E-state index is 12.6. The Hall–Kier alpha value is -0.110. The van der Waals surface area contributed by atoms with Crippen LogP contribution in [0.5, 0.6) is 0 Å². The lowest BCUT2D eigenvalue weighted by Gasteiger charge is -2.14. The van der Waals surface area contributed by atoms with Crippen LogP contribution in [0.1, 0.15) is 40.0 Å². The highest BCUT2D eigenvalue weighted by Gasteiger charge is 2.05. The van der Waals surface area contributed by atoms with Gasteiger partial charge in [-0.05, 0) is 19.3 Å². The van der Waals surface area contributed by atoms with Gasteiger partial charge in [0.2, 0.25) is 0 Å². The molecule has 0 rings (SSSR count). The third-order valence-electron chi connectivity index (χ3n) is 2.28. The molecule has 0 saturated carbocycles. The predicted octanol–water partition coefficient (Wildman–Crippen LogP) is 3.02. The number of hydrogen-bond donors (Lipinski definition) is 0. The minimum Gasteiger partial charge on any atom is -0.147 e. The Bertz CT molecular complexity index is 81.6. The molecule has 0 spiro atoms. The molecule has 0 N–H and O–H groups in total. The molecule has 0 bridgehead atoms. The SMILES string of the molecule is CCC(CC)CCN(F)CC. The fourth-order valence-electron chi connectivity index (χ4n) is 1.18. The van der Waals surface area contributed by atoms with Crippen LogP contribution in [0.4, 0.5) is 4.48 Å². The van der Waals surface area contributed by atoms with Crippen molar-refractivity contribution in [2.75, 3.05) is 13.1 Å².